The van der Waals surface area contributed by atoms with E-state index in [9.17, 15) is 0 Å². The SMILES string of the molecule is CCCCC1=[C-]CC=C1.Cc1cc(C)n(-c2cc3ccccc3[cH-]2)c1.[Cl][Ti][Cl]. The van der Waals surface area contributed by atoms with Crippen molar-refractivity contribution in [1.29, 1.82) is 0 Å². The molecule has 0 bridgehead atoms. The Balaban J connectivity index is 0.000000199. The molecule has 0 N–H and O–H groups in total. The Labute approximate surface area is 186 Å². The summed E-state index contributed by atoms with van der Waals surface area (Å²) < 4.78 is 2.25. The summed E-state index contributed by atoms with van der Waals surface area (Å²) in [7, 11) is 9.78. The van der Waals surface area contributed by atoms with Crippen LogP contribution in [0, 0.1) is 19.9 Å². The molecule has 1 aromatic heterocycles. The molecule has 0 atom stereocenters. The maximum atomic E-state index is 4.89. The number of fused-ring (bicyclic) bond motifs is 1. The van der Waals surface area contributed by atoms with Gasteiger partial charge in [-0.2, -0.15) is 6.08 Å². The number of aryl methyl sites for hydroxylation is 2. The topological polar surface area (TPSA) is 4.93 Å². The van der Waals surface area contributed by atoms with Gasteiger partial charge in [-0.25, -0.2) is 11.6 Å². The first-order chi connectivity index (χ1) is 13.6. The Morgan fingerprint density at radius 2 is 1.93 bits per heavy atom. The van der Waals surface area contributed by atoms with Gasteiger partial charge in [0, 0.05) is 11.9 Å². The zero-order valence-corrected chi connectivity index (χ0v) is 19.9. The minimum absolute atomic E-state index is 0.556. The third-order valence-electron chi connectivity index (χ3n) is 4.60. The van der Waals surface area contributed by atoms with Crippen molar-refractivity contribution < 1.29 is 17.0 Å². The third-order valence-corrected chi connectivity index (χ3v) is 4.60. The van der Waals surface area contributed by atoms with Crippen molar-refractivity contribution in [3.8, 4) is 5.69 Å². The molecule has 1 aliphatic carbocycles. The van der Waals surface area contributed by atoms with Gasteiger partial charge < -0.3 is 4.57 Å². The van der Waals surface area contributed by atoms with Crippen LogP contribution in [-0.4, -0.2) is 4.57 Å². The molecule has 0 saturated heterocycles. The molecule has 1 aliphatic rings. The molecule has 0 saturated carbocycles. The second kappa shape index (κ2) is 12.4. The van der Waals surface area contributed by atoms with E-state index < -0.39 is 17.0 Å². The molecule has 0 spiro atoms. The van der Waals surface area contributed by atoms with E-state index >= 15 is 0 Å². The van der Waals surface area contributed by atoms with Crippen LogP contribution in [0.4, 0.5) is 0 Å². The zero-order chi connectivity index (χ0) is 20.4. The Hall–Kier alpha value is -1.12. The van der Waals surface area contributed by atoms with Crippen molar-refractivity contribution in [2.24, 2.45) is 0 Å². The van der Waals surface area contributed by atoms with E-state index in [0.29, 0.717) is 0 Å². The number of aromatic nitrogens is 1. The summed E-state index contributed by atoms with van der Waals surface area (Å²) in [6.07, 6.45) is 14.7. The first-order valence-electron chi connectivity index (χ1n) is 9.63. The number of hydrogen-bond donors (Lipinski definition) is 0. The predicted molar refractivity (Wildman–Crippen MR) is 120 cm³/mol. The number of halogens is 2. The van der Waals surface area contributed by atoms with Crippen LogP contribution in [-0.2, 0) is 17.0 Å². The summed E-state index contributed by atoms with van der Waals surface area (Å²) in [5, 5.41) is 2.62. The van der Waals surface area contributed by atoms with Crippen molar-refractivity contribution >= 4 is 29.4 Å². The molecule has 4 heteroatoms. The number of allylic oxidation sites excluding steroid dienone is 4. The van der Waals surface area contributed by atoms with Crippen molar-refractivity contribution in [3.63, 3.8) is 0 Å². The molecule has 0 radical (unpaired) electrons. The first-order valence-corrected chi connectivity index (χ1v) is 13.9. The normalized spacial score (nSPS) is 12.1. The molecule has 1 nitrogen and oxygen atoms in total. The van der Waals surface area contributed by atoms with Gasteiger partial charge in [0.15, 0.2) is 0 Å². The van der Waals surface area contributed by atoms with Crippen LogP contribution in [0.5, 0.6) is 0 Å². The van der Waals surface area contributed by atoms with Crippen molar-refractivity contribution in [2.75, 3.05) is 0 Å². The molecule has 4 rings (SSSR count). The number of benzene rings is 1. The summed E-state index contributed by atoms with van der Waals surface area (Å²) >= 11 is -0.556. The molecular weight excluding hydrogens is 421 g/mol. The Kier molecular flexibility index (Phi) is 10.3. The summed E-state index contributed by atoms with van der Waals surface area (Å²) in [6.45, 7) is 6.50. The summed E-state index contributed by atoms with van der Waals surface area (Å²) in [5.41, 5.74) is 5.26. The van der Waals surface area contributed by atoms with Crippen LogP contribution in [0.25, 0.3) is 16.5 Å². The average molecular weight is 448 g/mol. The fraction of sp³-hybridized carbons (Fsp3) is 0.292. The van der Waals surface area contributed by atoms with Gasteiger partial charge in [-0.15, -0.1) is 47.5 Å². The van der Waals surface area contributed by atoms with Crippen LogP contribution >= 0.6 is 18.6 Å². The first kappa shape index (κ1) is 23.2. The Morgan fingerprint density at radius 3 is 2.50 bits per heavy atom. The fourth-order valence-electron chi connectivity index (χ4n) is 3.28. The Morgan fingerprint density at radius 1 is 1.18 bits per heavy atom. The molecule has 0 unspecified atom stereocenters. The van der Waals surface area contributed by atoms with Crippen molar-refractivity contribution in [3.05, 3.63) is 83.7 Å². The summed E-state index contributed by atoms with van der Waals surface area (Å²) in [4.78, 5) is 0. The van der Waals surface area contributed by atoms with Gasteiger partial charge in [-0.05, 0) is 31.2 Å². The van der Waals surface area contributed by atoms with Gasteiger partial charge in [0.1, 0.15) is 0 Å². The van der Waals surface area contributed by atoms with Gasteiger partial charge in [-0.1, -0.05) is 32.3 Å². The van der Waals surface area contributed by atoms with E-state index in [4.69, 9.17) is 18.6 Å². The van der Waals surface area contributed by atoms with E-state index in [1.165, 1.54) is 52.6 Å². The van der Waals surface area contributed by atoms with Gasteiger partial charge in [0.05, 0.1) is 0 Å². The average Bonchev–Trinajstić information content (AvgIpc) is 3.40. The molecule has 0 amide bonds. The van der Waals surface area contributed by atoms with Crippen molar-refractivity contribution in [2.45, 2.75) is 46.5 Å². The van der Waals surface area contributed by atoms with Crippen LogP contribution in [0.2, 0.25) is 0 Å². The van der Waals surface area contributed by atoms with Crippen LogP contribution in [0.3, 0.4) is 0 Å². The second-order valence-electron chi connectivity index (χ2n) is 6.85. The molecular formula is C24H27Cl2NTi-2. The molecule has 3 aromatic rings. The maximum absolute atomic E-state index is 4.89. The van der Waals surface area contributed by atoms with Crippen LogP contribution in [0.1, 0.15) is 43.9 Å². The molecule has 148 valence electrons. The van der Waals surface area contributed by atoms with Gasteiger partial charge >= 0.3 is 35.6 Å². The van der Waals surface area contributed by atoms with Crippen LogP contribution < -0.4 is 0 Å². The summed E-state index contributed by atoms with van der Waals surface area (Å²) in [6, 6.07) is 15.2. The number of hydrogen-bond acceptors (Lipinski definition) is 0. The van der Waals surface area contributed by atoms with E-state index in [1.807, 2.05) is 0 Å². The van der Waals surface area contributed by atoms with Gasteiger partial charge in [0.25, 0.3) is 0 Å². The van der Waals surface area contributed by atoms with E-state index in [2.05, 4.69) is 92.2 Å². The molecule has 2 aromatic carbocycles. The van der Waals surface area contributed by atoms with Gasteiger partial charge in [-0.3, -0.25) is 6.08 Å². The van der Waals surface area contributed by atoms with Crippen molar-refractivity contribution in [1.82, 2.24) is 4.57 Å². The monoisotopic (exact) mass is 447 g/mol. The zero-order valence-electron chi connectivity index (χ0n) is 16.8. The molecule has 0 aliphatic heterocycles. The Bertz CT molecular complexity index is 885. The molecule has 28 heavy (non-hydrogen) atoms. The number of unbranched alkanes of at least 4 members (excludes halogenated alkanes) is 1. The molecule has 1 heterocycles. The van der Waals surface area contributed by atoms with E-state index in [1.54, 1.807) is 0 Å². The predicted octanol–water partition coefficient (Wildman–Crippen LogP) is 8.21. The minimum atomic E-state index is -0.556. The standard InChI is InChI=1S/C15H14N.C9H13.2ClH.Ti/c1-11-7-12(2)16(10-11)15-8-13-5-3-4-6-14(13)9-15;1-2-3-6-9-7-4-5-8-9;;;/h3-10H,1-2H3;4,7H,2-3,5-6H2,1H3;2*1H;/q2*-1;;;+2/p-2. The van der Waals surface area contributed by atoms with Crippen LogP contribution in [0.15, 0.2) is 66.4 Å². The fourth-order valence-corrected chi connectivity index (χ4v) is 3.28. The van der Waals surface area contributed by atoms with E-state index in [-0.39, 0.29) is 0 Å². The molecule has 0 fully saturated rings. The van der Waals surface area contributed by atoms with E-state index in [0.717, 1.165) is 6.42 Å². The summed E-state index contributed by atoms with van der Waals surface area (Å²) in [5.74, 6) is 0. The number of nitrogens with zero attached hydrogens (tertiary/aromatic N) is 1. The third kappa shape index (κ3) is 7.05. The quantitative estimate of drug-likeness (QED) is 0.280. The number of rotatable bonds is 4. The van der Waals surface area contributed by atoms with Gasteiger partial charge in [0.2, 0.25) is 0 Å². The second-order valence-corrected chi connectivity index (χ2v) is 9.43.